The average Bonchev–Trinajstić information content (AvgIpc) is 3.13. The van der Waals surface area contributed by atoms with Gasteiger partial charge in [-0.1, -0.05) is 35.4 Å². The third-order valence-electron chi connectivity index (χ3n) is 3.94. The Hall–Kier alpha value is -3.35. The summed E-state index contributed by atoms with van der Waals surface area (Å²) >= 11 is 0. The largest absolute Gasteiger partial charge is 0.504 e. The van der Waals surface area contributed by atoms with Gasteiger partial charge in [0.2, 0.25) is 11.7 Å². The smallest absolute Gasteiger partial charge is 0.226 e. The molecule has 0 unspecified atom stereocenters. The molecule has 7 heteroatoms. The number of aromatic hydroxyl groups is 2. The zero-order chi connectivity index (χ0) is 19.2. The Labute approximate surface area is 156 Å². The summed E-state index contributed by atoms with van der Waals surface area (Å²) in [5.74, 6) is 0.816. The predicted molar refractivity (Wildman–Crippen MR) is 101 cm³/mol. The summed E-state index contributed by atoms with van der Waals surface area (Å²) in [6.45, 7) is 4.09. The molecule has 1 aromatic heterocycles. The topological polar surface area (TPSA) is 101 Å². The predicted octanol–water partition coefficient (Wildman–Crippen LogP) is 4.04. The number of phenolic OH excluding ortho intramolecular Hbond substituents is 2. The van der Waals surface area contributed by atoms with Crippen LogP contribution in [0.15, 0.2) is 52.1 Å². The summed E-state index contributed by atoms with van der Waals surface area (Å²) in [6, 6.07) is 12.2. The zero-order valence-electron chi connectivity index (χ0n) is 15.2. The van der Waals surface area contributed by atoms with E-state index in [1.54, 1.807) is 13.0 Å². The Kier molecular flexibility index (Phi) is 5.71. The molecule has 0 aliphatic carbocycles. The standard InChI is InChI=1S/C20H21N3O4/c1-3-5-19-21-20(23-27-19)16-7-4-6-14(10-16)12-26-22-13(2)15-8-9-17(24)18(25)11-15/h4,6-11,24-25H,3,5,12H2,1-2H3. The number of hydrogen-bond donors (Lipinski definition) is 2. The van der Waals surface area contributed by atoms with Crippen molar-refractivity contribution in [2.75, 3.05) is 0 Å². The molecule has 0 bridgehead atoms. The molecule has 0 radical (unpaired) electrons. The van der Waals surface area contributed by atoms with Crippen LogP contribution in [-0.4, -0.2) is 26.1 Å². The van der Waals surface area contributed by atoms with E-state index < -0.39 is 0 Å². The van der Waals surface area contributed by atoms with E-state index in [-0.39, 0.29) is 18.1 Å². The quantitative estimate of drug-likeness (QED) is 0.371. The van der Waals surface area contributed by atoms with E-state index in [1.807, 2.05) is 24.3 Å². The van der Waals surface area contributed by atoms with Crippen molar-refractivity contribution in [2.24, 2.45) is 5.16 Å². The van der Waals surface area contributed by atoms with E-state index in [0.29, 0.717) is 23.0 Å². The Balaban J connectivity index is 1.66. The minimum atomic E-state index is -0.197. The number of benzene rings is 2. The van der Waals surface area contributed by atoms with Crippen LogP contribution in [0.1, 0.15) is 37.3 Å². The molecular weight excluding hydrogens is 346 g/mol. The van der Waals surface area contributed by atoms with Gasteiger partial charge in [-0.15, -0.1) is 0 Å². The molecule has 1 heterocycles. The zero-order valence-corrected chi connectivity index (χ0v) is 15.2. The highest BCUT2D eigenvalue weighted by Gasteiger charge is 2.09. The average molecular weight is 367 g/mol. The lowest BCUT2D eigenvalue weighted by Crippen LogP contribution is -1.97. The Morgan fingerprint density at radius 3 is 2.78 bits per heavy atom. The molecule has 0 saturated heterocycles. The van der Waals surface area contributed by atoms with Gasteiger partial charge in [0, 0.05) is 17.5 Å². The van der Waals surface area contributed by atoms with Crippen LogP contribution in [0, 0.1) is 0 Å². The van der Waals surface area contributed by atoms with Gasteiger partial charge in [0.05, 0.1) is 5.71 Å². The fourth-order valence-corrected chi connectivity index (χ4v) is 2.49. The van der Waals surface area contributed by atoms with Crippen LogP contribution >= 0.6 is 0 Å². The first-order valence-corrected chi connectivity index (χ1v) is 8.67. The summed E-state index contributed by atoms with van der Waals surface area (Å²) in [5.41, 5.74) is 3.02. The second-order valence-electron chi connectivity index (χ2n) is 6.12. The van der Waals surface area contributed by atoms with E-state index in [4.69, 9.17) is 9.36 Å². The lowest BCUT2D eigenvalue weighted by Gasteiger charge is -2.05. The maximum absolute atomic E-state index is 9.56. The Morgan fingerprint density at radius 1 is 1.15 bits per heavy atom. The van der Waals surface area contributed by atoms with Gasteiger partial charge in [0.15, 0.2) is 11.5 Å². The molecule has 140 valence electrons. The third-order valence-corrected chi connectivity index (χ3v) is 3.94. The minimum Gasteiger partial charge on any atom is -0.504 e. The number of aromatic nitrogens is 2. The molecule has 0 amide bonds. The van der Waals surface area contributed by atoms with E-state index in [0.717, 1.165) is 24.0 Å². The van der Waals surface area contributed by atoms with Crippen molar-refractivity contribution in [3.05, 3.63) is 59.5 Å². The maximum atomic E-state index is 9.56. The van der Waals surface area contributed by atoms with E-state index in [1.165, 1.54) is 12.1 Å². The van der Waals surface area contributed by atoms with Gasteiger partial charge >= 0.3 is 0 Å². The van der Waals surface area contributed by atoms with Crippen LogP contribution in [0.2, 0.25) is 0 Å². The second kappa shape index (κ2) is 8.35. The molecule has 27 heavy (non-hydrogen) atoms. The van der Waals surface area contributed by atoms with Crippen LogP contribution in [0.4, 0.5) is 0 Å². The van der Waals surface area contributed by atoms with Crippen molar-refractivity contribution in [3.63, 3.8) is 0 Å². The fraction of sp³-hybridized carbons (Fsp3) is 0.250. The first-order valence-electron chi connectivity index (χ1n) is 8.67. The molecule has 0 aliphatic heterocycles. The van der Waals surface area contributed by atoms with Crippen molar-refractivity contribution in [1.82, 2.24) is 10.1 Å². The maximum Gasteiger partial charge on any atom is 0.226 e. The van der Waals surface area contributed by atoms with Crippen molar-refractivity contribution in [2.45, 2.75) is 33.3 Å². The molecule has 3 rings (SSSR count). The summed E-state index contributed by atoms with van der Waals surface area (Å²) in [7, 11) is 0. The SMILES string of the molecule is CCCc1nc(-c2cccc(CON=C(C)c3ccc(O)c(O)c3)c2)no1. The van der Waals surface area contributed by atoms with Gasteiger partial charge in [-0.3, -0.25) is 0 Å². The number of hydrogen-bond acceptors (Lipinski definition) is 7. The lowest BCUT2D eigenvalue weighted by molar-refractivity contribution is 0.130. The molecular formula is C20H21N3O4. The van der Waals surface area contributed by atoms with Crippen molar-refractivity contribution >= 4 is 5.71 Å². The van der Waals surface area contributed by atoms with Gasteiger partial charge in [0.1, 0.15) is 6.61 Å². The number of phenols is 2. The first-order chi connectivity index (χ1) is 13.1. The summed E-state index contributed by atoms with van der Waals surface area (Å²) < 4.78 is 5.23. The van der Waals surface area contributed by atoms with E-state index in [9.17, 15) is 10.2 Å². The van der Waals surface area contributed by atoms with Crippen LogP contribution in [0.3, 0.4) is 0 Å². The van der Waals surface area contributed by atoms with Crippen LogP contribution < -0.4 is 0 Å². The molecule has 2 aromatic carbocycles. The van der Waals surface area contributed by atoms with Crippen LogP contribution in [-0.2, 0) is 17.9 Å². The van der Waals surface area contributed by atoms with Crippen LogP contribution in [0.5, 0.6) is 11.5 Å². The fourth-order valence-electron chi connectivity index (χ4n) is 2.49. The van der Waals surface area contributed by atoms with Crippen molar-refractivity contribution in [1.29, 1.82) is 0 Å². The second-order valence-corrected chi connectivity index (χ2v) is 6.12. The van der Waals surface area contributed by atoms with Crippen molar-refractivity contribution < 1.29 is 19.6 Å². The number of aryl methyl sites for hydroxylation is 1. The summed E-state index contributed by atoms with van der Waals surface area (Å²) in [4.78, 5) is 9.80. The number of rotatable bonds is 7. The minimum absolute atomic E-state index is 0.173. The molecule has 0 spiro atoms. The highest BCUT2D eigenvalue weighted by atomic mass is 16.6. The third kappa shape index (κ3) is 4.63. The summed E-state index contributed by atoms with van der Waals surface area (Å²) in [6.07, 6.45) is 1.71. The molecule has 3 aromatic rings. The molecule has 7 nitrogen and oxygen atoms in total. The highest BCUT2D eigenvalue weighted by Crippen LogP contribution is 2.25. The summed E-state index contributed by atoms with van der Waals surface area (Å²) in [5, 5.41) is 27.0. The molecule has 2 N–H and O–H groups in total. The monoisotopic (exact) mass is 367 g/mol. The normalized spacial score (nSPS) is 11.6. The molecule has 0 atom stereocenters. The van der Waals surface area contributed by atoms with Crippen molar-refractivity contribution in [3.8, 4) is 22.9 Å². The van der Waals surface area contributed by atoms with Gasteiger partial charge in [-0.2, -0.15) is 4.98 Å². The highest BCUT2D eigenvalue weighted by molar-refractivity contribution is 5.98. The van der Waals surface area contributed by atoms with Crippen LogP contribution in [0.25, 0.3) is 11.4 Å². The first kappa shape index (κ1) is 18.4. The lowest BCUT2D eigenvalue weighted by atomic mass is 10.1. The van der Waals surface area contributed by atoms with Gasteiger partial charge in [0.25, 0.3) is 0 Å². The number of oxime groups is 1. The Morgan fingerprint density at radius 2 is 2.00 bits per heavy atom. The van der Waals surface area contributed by atoms with Gasteiger partial charge in [-0.25, -0.2) is 0 Å². The molecule has 0 saturated carbocycles. The van der Waals surface area contributed by atoms with E-state index >= 15 is 0 Å². The number of nitrogens with zero attached hydrogens (tertiary/aromatic N) is 3. The molecule has 0 aliphatic rings. The van der Waals surface area contributed by atoms with E-state index in [2.05, 4.69) is 22.2 Å². The molecule has 0 fully saturated rings. The van der Waals surface area contributed by atoms with Gasteiger partial charge < -0.3 is 19.6 Å². The van der Waals surface area contributed by atoms with Gasteiger partial charge in [-0.05, 0) is 43.2 Å². The Bertz CT molecular complexity index is 950.